The van der Waals surface area contributed by atoms with E-state index in [2.05, 4.69) is 10.3 Å². The molecule has 0 spiro atoms. The summed E-state index contributed by atoms with van der Waals surface area (Å²) in [5.41, 5.74) is 2.70. The van der Waals surface area contributed by atoms with Crippen molar-refractivity contribution in [3.63, 3.8) is 0 Å². The number of imidazole rings is 1. The highest BCUT2D eigenvalue weighted by Crippen LogP contribution is 2.24. The number of rotatable bonds is 3. The number of aromatic nitrogens is 2. The van der Waals surface area contributed by atoms with E-state index in [-0.39, 0.29) is 17.5 Å². The second-order valence-electron chi connectivity index (χ2n) is 5.82. The number of hydrogen-bond acceptors (Lipinski definition) is 3. The Morgan fingerprint density at radius 3 is 2.65 bits per heavy atom. The van der Waals surface area contributed by atoms with Gasteiger partial charge in [-0.3, -0.25) is 9.20 Å². The summed E-state index contributed by atoms with van der Waals surface area (Å²) in [6.07, 6.45) is 1.73. The number of aryl methyl sites for hydroxylation is 1. The standard InChI is InChI=1S/C19H13F2N3OS/c1-11-2-7-14(8-15(11)21)22-18(25)17-10-26-19-23-16(9-24(17)19)12-3-5-13(20)6-4-12/h2-10H,1H3,(H,22,25). The molecule has 4 aromatic rings. The summed E-state index contributed by atoms with van der Waals surface area (Å²) >= 11 is 1.32. The summed E-state index contributed by atoms with van der Waals surface area (Å²) in [6, 6.07) is 10.5. The van der Waals surface area contributed by atoms with Gasteiger partial charge in [-0.05, 0) is 48.9 Å². The van der Waals surface area contributed by atoms with Crippen LogP contribution in [0, 0.1) is 18.6 Å². The third-order valence-corrected chi connectivity index (χ3v) is 4.85. The number of nitrogens with one attached hydrogen (secondary N) is 1. The molecule has 0 fully saturated rings. The zero-order chi connectivity index (χ0) is 18.3. The van der Waals surface area contributed by atoms with Crippen molar-refractivity contribution in [3.8, 4) is 11.3 Å². The van der Waals surface area contributed by atoms with E-state index in [9.17, 15) is 13.6 Å². The van der Waals surface area contributed by atoms with Gasteiger partial charge < -0.3 is 5.32 Å². The number of thiazole rings is 1. The zero-order valence-corrected chi connectivity index (χ0v) is 14.5. The fraction of sp³-hybridized carbons (Fsp3) is 0.0526. The Labute approximate surface area is 151 Å². The fourth-order valence-electron chi connectivity index (χ4n) is 2.57. The van der Waals surface area contributed by atoms with Crippen molar-refractivity contribution in [2.75, 3.05) is 5.32 Å². The number of hydrogen-bond donors (Lipinski definition) is 1. The van der Waals surface area contributed by atoms with Crippen molar-refractivity contribution >= 4 is 27.9 Å². The number of anilines is 1. The van der Waals surface area contributed by atoms with Gasteiger partial charge in [0, 0.05) is 22.8 Å². The molecule has 0 aliphatic rings. The van der Waals surface area contributed by atoms with Crippen LogP contribution in [-0.4, -0.2) is 15.3 Å². The Bertz CT molecular complexity index is 1120. The molecule has 4 rings (SSSR count). The predicted octanol–water partition coefficient (Wildman–Crippen LogP) is 4.90. The minimum atomic E-state index is -0.375. The van der Waals surface area contributed by atoms with Crippen molar-refractivity contribution in [1.82, 2.24) is 9.38 Å². The van der Waals surface area contributed by atoms with Crippen LogP contribution >= 0.6 is 11.3 Å². The van der Waals surface area contributed by atoms with Crippen LogP contribution in [0.15, 0.2) is 54.0 Å². The summed E-state index contributed by atoms with van der Waals surface area (Å²) in [5.74, 6) is -1.05. The number of carbonyl (C=O) groups is 1. The Kier molecular flexibility index (Phi) is 4.00. The van der Waals surface area contributed by atoms with E-state index in [0.29, 0.717) is 27.6 Å². The smallest absolute Gasteiger partial charge is 0.273 e. The molecule has 2 heterocycles. The average Bonchev–Trinajstić information content (AvgIpc) is 3.19. The molecular weight excluding hydrogens is 356 g/mol. The van der Waals surface area contributed by atoms with Gasteiger partial charge in [-0.1, -0.05) is 6.07 Å². The molecular formula is C19H13F2N3OS. The highest BCUT2D eigenvalue weighted by Gasteiger charge is 2.16. The Morgan fingerprint density at radius 2 is 1.92 bits per heavy atom. The zero-order valence-electron chi connectivity index (χ0n) is 13.7. The molecule has 1 N–H and O–H groups in total. The Hall–Kier alpha value is -3.06. The minimum Gasteiger partial charge on any atom is -0.321 e. The van der Waals surface area contributed by atoms with Crippen molar-refractivity contribution in [2.24, 2.45) is 0 Å². The summed E-state index contributed by atoms with van der Waals surface area (Å²) in [4.78, 5) is 17.7. The molecule has 0 saturated carbocycles. The topological polar surface area (TPSA) is 46.4 Å². The van der Waals surface area contributed by atoms with Crippen LogP contribution in [0.1, 0.15) is 16.1 Å². The maximum absolute atomic E-state index is 13.7. The van der Waals surface area contributed by atoms with Gasteiger partial charge in [0.05, 0.1) is 5.69 Å². The third-order valence-electron chi connectivity index (χ3n) is 4.01. The van der Waals surface area contributed by atoms with Crippen LogP contribution in [0.5, 0.6) is 0 Å². The summed E-state index contributed by atoms with van der Waals surface area (Å²) < 4.78 is 28.4. The van der Waals surface area contributed by atoms with Gasteiger partial charge in [0.15, 0.2) is 4.96 Å². The van der Waals surface area contributed by atoms with Gasteiger partial charge in [-0.2, -0.15) is 0 Å². The van der Waals surface area contributed by atoms with E-state index in [1.54, 1.807) is 47.2 Å². The molecule has 130 valence electrons. The maximum Gasteiger partial charge on any atom is 0.273 e. The SMILES string of the molecule is Cc1ccc(NC(=O)c2csc3nc(-c4ccc(F)cc4)cn23)cc1F. The molecule has 0 saturated heterocycles. The number of benzene rings is 2. The minimum absolute atomic E-state index is 0.319. The van der Waals surface area contributed by atoms with Gasteiger partial charge in [-0.25, -0.2) is 13.8 Å². The monoisotopic (exact) mass is 369 g/mol. The van der Waals surface area contributed by atoms with Gasteiger partial charge in [0.2, 0.25) is 0 Å². The van der Waals surface area contributed by atoms with Crippen LogP contribution in [-0.2, 0) is 0 Å². The van der Waals surface area contributed by atoms with Crippen molar-refractivity contribution in [2.45, 2.75) is 6.92 Å². The first kappa shape index (κ1) is 16.4. The van der Waals surface area contributed by atoms with E-state index in [4.69, 9.17) is 0 Å². The fourth-order valence-corrected chi connectivity index (χ4v) is 3.43. The van der Waals surface area contributed by atoms with Crippen molar-refractivity contribution in [3.05, 3.63) is 76.9 Å². The molecule has 4 nitrogen and oxygen atoms in total. The molecule has 2 aromatic heterocycles. The number of amides is 1. The lowest BCUT2D eigenvalue weighted by Crippen LogP contribution is -2.14. The van der Waals surface area contributed by atoms with E-state index >= 15 is 0 Å². The number of halogens is 2. The van der Waals surface area contributed by atoms with Gasteiger partial charge in [0.1, 0.15) is 17.3 Å². The Balaban J connectivity index is 1.64. The van der Waals surface area contributed by atoms with E-state index in [1.165, 1.54) is 29.5 Å². The van der Waals surface area contributed by atoms with E-state index < -0.39 is 0 Å². The first-order valence-corrected chi connectivity index (χ1v) is 8.69. The molecule has 0 aliphatic heterocycles. The molecule has 2 aromatic carbocycles. The highest BCUT2D eigenvalue weighted by molar-refractivity contribution is 7.15. The number of nitrogens with zero attached hydrogens (tertiary/aromatic N) is 2. The number of fused-ring (bicyclic) bond motifs is 1. The third kappa shape index (κ3) is 2.97. The maximum atomic E-state index is 13.7. The van der Waals surface area contributed by atoms with Crippen molar-refractivity contribution in [1.29, 1.82) is 0 Å². The Morgan fingerprint density at radius 1 is 1.15 bits per heavy atom. The lowest BCUT2D eigenvalue weighted by Gasteiger charge is -2.05. The molecule has 0 unspecified atom stereocenters. The van der Waals surface area contributed by atoms with Crippen LogP contribution in [0.3, 0.4) is 0 Å². The van der Waals surface area contributed by atoms with Crippen LogP contribution in [0.25, 0.3) is 16.2 Å². The lowest BCUT2D eigenvalue weighted by atomic mass is 10.2. The van der Waals surface area contributed by atoms with Gasteiger partial charge in [0.25, 0.3) is 5.91 Å². The normalized spacial score (nSPS) is 11.0. The predicted molar refractivity (Wildman–Crippen MR) is 97.6 cm³/mol. The first-order chi connectivity index (χ1) is 12.5. The largest absolute Gasteiger partial charge is 0.321 e. The summed E-state index contributed by atoms with van der Waals surface area (Å²) in [6.45, 7) is 1.66. The second-order valence-corrected chi connectivity index (χ2v) is 6.66. The summed E-state index contributed by atoms with van der Waals surface area (Å²) in [7, 11) is 0. The summed E-state index contributed by atoms with van der Waals surface area (Å²) in [5, 5.41) is 4.38. The molecule has 0 aliphatic carbocycles. The molecule has 7 heteroatoms. The second kappa shape index (κ2) is 6.34. The van der Waals surface area contributed by atoms with E-state index in [0.717, 1.165) is 5.56 Å². The molecule has 1 amide bonds. The highest BCUT2D eigenvalue weighted by atomic mass is 32.1. The first-order valence-electron chi connectivity index (χ1n) is 7.81. The lowest BCUT2D eigenvalue weighted by molar-refractivity contribution is 0.102. The number of carbonyl (C=O) groups excluding carboxylic acids is 1. The molecule has 0 atom stereocenters. The van der Waals surface area contributed by atoms with Crippen LogP contribution < -0.4 is 5.32 Å². The molecule has 0 bridgehead atoms. The van der Waals surface area contributed by atoms with Gasteiger partial charge in [-0.15, -0.1) is 11.3 Å². The quantitative estimate of drug-likeness (QED) is 0.558. The van der Waals surface area contributed by atoms with Crippen LogP contribution in [0.2, 0.25) is 0 Å². The van der Waals surface area contributed by atoms with Crippen molar-refractivity contribution < 1.29 is 13.6 Å². The van der Waals surface area contributed by atoms with E-state index in [1.807, 2.05) is 0 Å². The molecule has 26 heavy (non-hydrogen) atoms. The molecule has 0 radical (unpaired) electrons. The average molecular weight is 369 g/mol. The van der Waals surface area contributed by atoms with Crippen LogP contribution in [0.4, 0.5) is 14.5 Å². The van der Waals surface area contributed by atoms with Gasteiger partial charge >= 0.3 is 0 Å².